The molecular weight excluding hydrogens is 258 g/mol. The van der Waals surface area contributed by atoms with Gasteiger partial charge in [0.25, 0.3) is 0 Å². The Morgan fingerprint density at radius 3 is 2.37 bits per heavy atom. The SMILES string of the molecule is CN(c1ccnn1C)C1(c2ccc(Cl)cc2)CCC1. The van der Waals surface area contributed by atoms with Crippen LogP contribution in [0.2, 0.25) is 5.02 Å². The van der Waals surface area contributed by atoms with E-state index in [1.54, 1.807) is 0 Å². The van der Waals surface area contributed by atoms with E-state index in [4.69, 9.17) is 11.6 Å². The highest BCUT2D eigenvalue weighted by Crippen LogP contribution is 2.47. The van der Waals surface area contributed by atoms with Gasteiger partial charge in [-0.2, -0.15) is 5.10 Å². The van der Waals surface area contributed by atoms with Crippen LogP contribution in [-0.2, 0) is 12.6 Å². The third-order valence-electron chi connectivity index (χ3n) is 4.34. The maximum Gasteiger partial charge on any atom is 0.126 e. The fourth-order valence-corrected chi connectivity index (χ4v) is 3.13. The van der Waals surface area contributed by atoms with Crippen molar-refractivity contribution in [2.24, 2.45) is 7.05 Å². The number of nitrogens with zero attached hydrogens (tertiary/aromatic N) is 3. The van der Waals surface area contributed by atoms with Gasteiger partial charge in [0.15, 0.2) is 0 Å². The number of aromatic nitrogens is 2. The molecule has 0 radical (unpaired) electrons. The molecule has 1 aliphatic carbocycles. The van der Waals surface area contributed by atoms with E-state index >= 15 is 0 Å². The van der Waals surface area contributed by atoms with E-state index in [0.29, 0.717) is 0 Å². The second-order valence-electron chi connectivity index (χ2n) is 5.26. The summed E-state index contributed by atoms with van der Waals surface area (Å²) in [6, 6.07) is 10.3. The summed E-state index contributed by atoms with van der Waals surface area (Å²) >= 11 is 6.00. The van der Waals surface area contributed by atoms with Crippen molar-refractivity contribution in [2.75, 3.05) is 11.9 Å². The summed E-state index contributed by atoms with van der Waals surface area (Å²) in [6.45, 7) is 0. The van der Waals surface area contributed by atoms with Crippen LogP contribution in [0, 0.1) is 0 Å². The average molecular weight is 276 g/mol. The summed E-state index contributed by atoms with van der Waals surface area (Å²) < 4.78 is 1.93. The van der Waals surface area contributed by atoms with E-state index in [2.05, 4.69) is 35.2 Å². The molecule has 1 aromatic carbocycles. The molecule has 2 aromatic rings. The molecule has 0 unspecified atom stereocenters. The maximum absolute atomic E-state index is 6.00. The van der Waals surface area contributed by atoms with Gasteiger partial charge in [0.05, 0.1) is 11.7 Å². The Morgan fingerprint density at radius 1 is 1.21 bits per heavy atom. The Labute approximate surface area is 118 Å². The molecule has 1 aliphatic rings. The molecule has 0 saturated heterocycles. The molecule has 0 amide bonds. The van der Waals surface area contributed by atoms with Crippen LogP contribution in [0.4, 0.5) is 5.82 Å². The van der Waals surface area contributed by atoms with Crippen LogP contribution in [-0.4, -0.2) is 16.8 Å². The van der Waals surface area contributed by atoms with Gasteiger partial charge in [0.1, 0.15) is 5.82 Å². The molecule has 0 N–H and O–H groups in total. The monoisotopic (exact) mass is 275 g/mol. The summed E-state index contributed by atoms with van der Waals surface area (Å²) in [5.74, 6) is 1.15. The Hall–Kier alpha value is -1.48. The van der Waals surface area contributed by atoms with Crippen molar-refractivity contribution in [3.8, 4) is 0 Å². The third-order valence-corrected chi connectivity index (χ3v) is 4.59. The van der Waals surface area contributed by atoms with Crippen LogP contribution in [0.1, 0.15) is 24.8 Å². The lowest BCUT2D eigenvalue weighted by molar-refractivity contribution is 0.238. The van der Waals surface area contributed by atoms with Crippen molar-refractivity contribution in [2.45, 2.75) is 24.8 Å². The normalized spacial score (nSPS) is 17.0. The highest BCUT2D eigenvalue weighted by atomic mass is 35.5. The van der Waals surface area contributed by atoms with E-state index in [0.717, 1.165) is 10.8 Å². The highest BCUT2D eigenvalue weighted by molar-refractivity contribution is 6.30. The van der Waals surface area contributed by atoms with Crippen molar-refractivity contribution < 1.29 is 0 Å². The van der Waals surface area contributed by atoms with Crippen molar-refractivity contribution in [3.63, 3.8) is 0 Å². The predicted molar refractivity (Wildman–Crippen MR) is 78.6 cm³/mol. The fraction of sp³-hybridized carbons (Fsp3) is 0.400. The molecule has 19 heavy (non-hydrogen) atoms. The first-order valence-electron chi connectivity index (χ1n) is 6.61. The van der Waals surface area contributed by atoms with Crippen LogP contribution < -0.4 is 4.90 Å². The number of hydrogen-bond acceptors (Lipinski definition) is 2. The molecule has 3 rings (SSSR count). The lowest BCUT2D eigenvalue weighted by atomic mass is 9.70. The van der Waals surface area contributed by atoms with Gasteiger partial charge in [-0.1, -0.05) is 23.7 Å². The molecule has 1 aromatic heterocycles. The number of aryl methyl sites for hydroxylation is 1. The topological polar surface area (TPSA) is 21.1 Å². The Balaban J connectivity index is 1.99. The van der Waals surface area contributed by atoms with Gasteiger partial charge in [-0.15, -0.1) is 0 Å². The van der Waals surface area contributed by atoms with Crippen LogP contribution in [0.5, 0.6) is 0 Å². The smallest absolute Gasteiger partial charge is 0.126 e. The molecular formula is C15H18ClN3. The predicted octanol–water partition coefficient (Wildman–Crippen LogP) is 3.59. The number of benzene rings is 1. The van der Waals surface area contributed by atoms with E-state index < -0.39 is 0 Å². The van der Waals surface area contributed by atoms with Gasteiger partial charge in [-0.3, -0.25) is 4.68 Å². The van der Waals surface area contributed by atoms with Gasteiger partial charge in [0.2, 0.25) is 0 Å². The zero-order valence-electron chi connectivity index (χ0n) is 11.3. The van der Waals surface area contributed by atoms with Gasteiger partial charge in [-0.25, -0.2) is 0 Å². The summed E-state index contributed by atoms with van der Waals surface area (Å²) in [4.78, 5) is 2.35. The minimum Gasteiger partial charge on any atom is -0.350 e. The van der Waals surface area contributed by atoms with Crippen molar-refractivity contribution >= 4 is 17.4 Å². The quantitative estimate of drug-likeness (QED) is 0.854. The summed E-state index contributed by atoms with van der Waals surface area (Å²) in [7, 11) is 4.14. The van der Waals surface area contributed by atoms with Gasteiger partial charge < -0.3 is 4.90 Å². The van der Waals surface area contributed by atoms with Crippen molar-refractivity contribution in [1.29, 1.82) is 0 Å². The summed E-state index contributed by atoms with van der Waals surface area (Å²) in [5.41, 5.74) is 1.44. The zero-order chi connectivity index (χ0) is 13.5. The first-order valence-corrected chi connectivity index (χ1v) is 6.99. The molecule has 0 atom stereocenters. The van der Waals surface area contributed by atoms with Gasteiger partial charge in [0, 0.05) is 25.2 Å². The van der Waals surface area contributed by atoms with Crippen LogP contribution >= 0.6 is 11.6 Å². The van der Waals surface area contributed by atoms with Crippen molar-refractivity contribution in [1.82, 2.24) is 9.78 Å². The average Bonchev–Trinajstić information content (AvgIpc) is 2.76. The second-order valence-corrected chi connectivity index (χ2v) is 5.70. The summed E-state index contributed by atoms with van der Waals surface area (Å²) in [5, 5.41) is 5.06. The van der Waals surface area contributed by atoms with E-state index in [9.17, 15) is 0 Å². The van der Waals surface area contributed by atoms with Crippen LogP contribution in [0.25, 0.3) is 0 Å². The van der Waals surface area contributed by atoms with E-state index in [-0.39, 0.29) is 5.54 Å². The third kappa shape index (κ3) is 1.93. The standard InChI is InChI=1S/C15H18ClN3/c1-18(14-8-11-17-19(14)2)15(9-3-10-15)12-4-6-13(16)7-5-12/h4-8,11H,3,9-10H2,1-2H3. The summed E-state index contributed by atoms with van der Waals surface area (Å²) in [6.07, 6.45) is 5.47. The van der Waals surface area contributed by atoms with Gasteiger partial charge >= 0.3 is 0 Å². The molecule has 1 fully saturated rings. The Kier molecular flexibility index (Phi) is 3.02. The molecule has 0 bridgehead atoms. The number of hydrogen-bond donors (Lipinski definition) is 0. The molecule has 1 heterocycles. The fourth-order valence-electron chi connectivity index (χ4n) is 3.00. The largest absolute Gasteiger partial charge is 0.350 e. The molecule has 0 spiro atoms. The van der Waals surface area contributed by atoms with Crippen molar-refractivity contribution in [3.05, 3.63) is 47.1 Å². The van der Waals surface area contributed by atoms with Gasteiger partial charge in [-0.05, 0) is 37.0 Å². The minimum absolute atomic E-state index is 0.0956. The van der Waals surface area contributed by atoms with E-state index in [1.165, 1.54) is 24.8 Å². The molecule has 100 valence electrons. The highest BCUT2D eigenvalue weighted by Gasteiger charge is 2.43. The zero-order valence-corrected chi connectivity index (χ0v) is 12.1. The minimum atomic E-state index is 0.0956. The molecule has 1 saturated carbocycles. The lowest BCUT2D eigenvalue weighted by Gasteiger charge is -2.50. The van der Waals surface area contributed by atoms with Crippen LogP contribution in [0.15, 0.2) is 36.5 Å². The Bertz CT molecular complexity index is 569. The number of halogens is 1. The lowest BCUT2D eigenvalue weighted by Crippen LogP contribution is -2.50. The Morgan fingerprint density at radius 2 is 1.89 bits per heavy atom. The number of rotatable bonds is 3. The molecule has 4 heteroatoms. The van der Waals surface area contributed by atoms with E-state index in [1.807, 2.05) is 30.1 Å². The van der Waals surface area contributed by atoms with Crippen LogP contribution in [0.3, 0.4) is 0 Å². The first kappa shape index (κ1) is 12.5. The number of anilines is 1. The first-order chi connectivity index (χ1) is 9.13. The molecule has 3 nitrogen and oxygen atoms in total. The second kappa shape index (κ2) is 4.57. The maximum atomic E-state index is 6.00. The molecule has 0 aliphatic heterocycles.